The summed E-state index contributed by atoms with van der Waals surface area (Å²) in [6.07, 6.45) is 0.734. The van der Waals surface area contributed by atoms with Crippen molar-refractivity contribution in [3.8, 4) is 17.2 Å². The third-order valence-corrected chi connectivity index (χ3v) is 5.57. The Labute approximate surface area is 183 Å². The van der Waals surface area contributed by atoms with Gasteiger partial charge in [0.15, 0.2) is 11.5 Å². The maximum absolute atomic E-state index is 13.3. The highest BCUT2D eigenvalue weighted by Gasteiger charge is 2.36. The second kappa shape index (κ2) is 7.99. The summed E-state index contributed by atoms with van der Waals surface area (Å²) in [5, 5.41) is 7.29. The maximum atomic E-state index is 13.3. The molecule has 0 aliphatic carbocycles. The van der Waals surface area contributed by atoms with Gasteiger partial charge in [-0.25, -0.2) is 9.07 Å². The molecule has 1 aromatic heterocycles. The highest BCUT2D eigenvalue weighted by Crippen LogP contribution is 2.33. The van der Waals surface area contributed by atoms with E-state index in [1.807, 2.05) is 12.1 Å². The van der Waals surface area contributed by atoms with E-state index < -0.39 is 6.04 Å². The van der Waals surface area contributed by atoms with Crippen molar-refractivity contribution in [1.82, 2.24) is 14.7 Å². The van der Waals surface area contributed by atoms with Gasteiger partial charge in [0, 0.05) is 19.0 Å². The molecular weight excluding hydrogens is 415 g/mol. The summed E-state index contributed by atoms with van der Waals surface area (Å²) in [6.45, 7) is 2.28. The Morgan fingerprint density at radius 2 is 1.94 bits per heavy atom. The Balaban J connectivity index is 1.35. The summed E-state index contributed by atoms with van der Waals surface area (Å²) < 4.78 is 25.6. The molecular formula is C23H21FN4O4. The van der Waals surface area contributed by atoms with E-state index >= 15 is 0 Å². The van der Waals surface area contributed by atoms with E-state index in [9.17, 15) is 14.0 Å². The predicted molar refractivity (Wildman–Crippen MR) is 113 cm³/mol. The molecule has 5 rings (SSSR count). The first-order valence-electron chi connectivity index (χ1n) is 10.3. The van der Waals surface area contributed by atoms with E-state index in [0.717, 1.165) is 5.56 Å². The van der Waals surface area contributed by atoms with Gasteiger partial charge < -0.3 is 19.7 Å². The molecule has 32 heavy (non-hydrogen) atoms. The van der Waals surface area contributed by atoms with Crippen molar-refractivity contribution < 1.29 is 23.5 Å². The molecule has 1 unspecified atom stereocenters. The van der Waals surface area contributed by atoms with Crippen LogP contribution in [0.4, 0.5) is 10.2 Å². The summed E-state index contributed by atoms with van der Waals surface area (Å²) in [6, 6.07) is 12.5. The van der Waals surface area contributed by atoms with Gasteiger partial charge in [0.25, 0.3) is 0 Å². The summed E-state index contributed by atoms with van der Waals surface area (Å²) in [4.78, 5) is 27.3. The van der Waals surface area contributed by atoms with Gasteiger partial charge in [0.1, 0.15) is 17.7 Å². The molecule has 2 aromatic carbocycles. The molecule has 8 nitrogen and oxygen atoms in total. The highest BCUT2D eigenvalue weighted by atomic mass is 19.1. The molecule has 164 valence electrons. The Hall–Kier alpha value is -3.88. The molecule has 1 fully saturated rings. The van der Waals surface area contributed by atoms with E-state index in [2.05, 4.69) is 10.4 Å². The lowest BCUT2D eigenvalue weighted by Gasteiger charge is -2.24. The van der Waals surface area contributed by atoms with Gasteiger partial charge in [0.2, 0.25) is 18.6 Å². The normalized spacial score (nSPS) is 17.1. The summed E-state index contributed by atoms with van der Waals surface area (Å²) >= 11 is 0. The number of nitrogens with zero attached hydrogens (tertiary/aromatic N) is 3. The Morgan fingerprint density at radius 3 is 2.75 bits per heavy atom. The van der Waals surface area contributed by atoms with Crippen molar-refractivity contribution in [2.45, 2.75) is 32.4 Å². The van der Waals surface area contributed by atoms with Gasteiger partial charge >= 0.3 is 0 Å². The zero-order chi connectivity index (χ0) is 22.2. The molecule has 0 saturated carbocycles. The van der Waals surface area contributed by atoms with Crippen LogP contribution in [-0.2, 0) is 16.1 Å². The van der Waals surface area contributed by atoms with Gasteiger partial charge in [-0.15, -0.1) is 0 Å². The van der Waals surface area contributed by atoms with Crippen LogP contribution >= 0.6 is 0 Å². The fourth-order valence-electron chi connectivity index (χ4n) is 4.02. The molecule has 0 bridgehead atoms. The number of anilines is 1. The number of nitrogens with one attached hydrogen (secondary N) is 1. The molecule has 1 N–H and O–H groups in total. The van der Waals surface area contributed by atoms with Crippen molar-refractivity contribution in [3.05, 3.63) is 65.6 Å². The standard InChI is InChI=1S/C23H21FN4O4/c1-14-10-21(28(26-14)17-5-3-16(24)4-6-17)25-23(30)18-7-9-22(29)27(18)12-15-2-8-19-20(11-15)32-13-31-19/h2-6,8,10-11,18H,7,9,12-13H2,1H3,(H,25,30). The first-order chi connectivity index (χ1) is 15.5. The van der Waals surface area contributed by atoms with Crippen molar-refractivity contribution in [3.63, 3.8) is 0 Å². The van der Waals surface area contributed by atoms with Gasteiger partial charge in [-0.3, -0.25) is 9.59 Å². The van der Waals surface area contributed by atoms with Crippen molar-refractivity contribution >= 4 is 17.6 Å². The molecule has 2 amide bonds. The SMILES string of the molecule is Cc1cc(NC(=O)C2CCC(=O)N2Cc2ccc3c(c2)OCO3)n(-c2ccc(F)cc2)n1. The fourth-order valence-corrected chi connectivity index (χ4v) is 4.02. The fraction of sp³-hybridized carbons (Fsp3) is 0.261. The number of rotatable bonds is 5. The third kappa shape index (κ3) is 3.77. The predicted octanol–water partition coefficient (Wildman–Crippen LogP) is 3.18. The van der Waals surface area contributed by atoms with E-state index in [-0.39, 0.29) is 24.4 Å². The van der Waals surface area contributed by atoms with Crippen molar-refractivity contribution in [2.75, 3.05) is 12.1 Å². The van der Waals surface area contributed by atoms with Crippen LogP contribution in [0.3, 0.4) is 0 Å². The van der Waals surface area contributed by atoms with Gasteiger partial charge in [-0.2, -0.15) is 5.10 Å². The van der Waals surface area contributed by atoms with E-state index in [0.29, 0.717) is 48.1 Å². The van der Waals surface area contributed by atoms with Crippen LogP contribution in [0.2, 0.25) is 0 Å². The number of amides is 2. The average molecular weight is 436 g/mol. The Morgan fingerprint density at radius 1 is 1.16 bits per heavy atom. The number of halogens is 1. The summed E-state index contributed by atoms with van der Waals surface area (Å²) in [5.41, 5.74) is 2.17. The lowest BCUT2D eigenvalue weighted by molar-refractivity contribution is -0.133. The smallest absolute Gasteiger partial charge is 0.248 e. The summed E-state index contributed by atoms with van der Waals surface area (Å²) in [5.74, 6) is 1.04. The number of ether oxygens (including phenoxy) is 2. The summed E-state index contributed by atoms with van der Waals surface area (Å²) in [7, 11) is 0. The molecule has 3 heterocycles. The molecule has 1 atom stereocenters. The number of likely N-dealkylation sites (tertiary alicyclic amines) is 1. The third-order valence-electron chi connectivity index (χ3n) is 5.57. The minimum absolute atomic E-state index is 0.0777. The quantitative estimate of drug-likeness (QED) is 0.664. The van der Waals surface area contributed by atoms with Crippen LogP contribution in [0.1, 0.15) is 24.1 Å². The average Bonchev–Trinajstić information content (AvgIpc) is 3.48. The number of fused-ring (bicyclic) bond motifs is 1. The second-order valence-electron chi connectivity index (χ2n) is 7.81. The number of aromatic nitrogens is 2. The molecule has 1 saturated heterocycles. The molecule has 2 aliphatic rings. The zero-order valence-electron chi connectivity index (χ0n) is 17.4. The minimum Gasteiger partial charge on any atom is -0.454 e. The number of carbonyl (C=O) groups is 2. The van der Waals surface area contributed by atoms with Gasteiger partial charge in [-0.1, -0.05) is 6.07 Å². The maximum Gasteiger partial charge on any atom is 0.248 e. The minimum atomic E-state index is -0.607. The van der Waals surface area contributed by atoms with E-state index in [1.54, 1.807) is 40.8 Å². The number of aryl methyl sites for hydroxylation is 1. The largest absolute Gasteiger partial charge is 0.454 e. The van der Waals surface area contributed by atoms with Crippen LogP contribution < -0.4 is 14.8 Å². The van der Waals surface area contributed by atoms with E-state index in [1.165, 1.54) is 12.1 Å². The lowest BCUT2D eigenvalue weighted by Crippen LogP contribution is -2.41. The highest BCUT2D eigenvalue weighted by molar-refractivity contribution is 5.98. The zero-order valence-corrected chi connectivity index (χ0v) is 17.4. The number of hydrogen-bond donors (Lipinski definition) is 1. The molecule has 3 aromatic rings. The Kier molecular flexibility index (Phi) is 5.01. The van der Waals surface area contributed by atoms with Crippen LogP contribution in [0.15, 0.2) is 48.5 Å². The monoisotopic (exact) mass is 436 g/mol. The topological polar surface area (TPSA) is 85.7 Å². The molecule has 0 spiro atoms. The molecule has 2 aliphatic heterocycles. The van der Waals surface area contributed by atoms with Crippen LogP contribution in [0.5, 0.6) is 11.5 Å². The van der Waals surface area contributed by atoms with Crippen LogP contribution in [0, 0.1) is 12.7 Å². The molecule has 9 heteroatoms. The first-order valence-corrected chi connectivity index (χ1v) is 10.3. The van der Waals surface area contributed by atoms with Gasteiger partial charge in [0.05, 0.1) is 11.4 Å². The van der Waals surface area contributed by atoms with Crippen molar-refractivity contribution in [1.29, 1.82) is 0 Å². The van der Waals surface area contributed by atoms with Crippen LogP contribution in [-0.4, -0.2) is 39.3 Å². The Bertz CT molecular complexity index is 1190. The number of hydrogen-bond acceptors (Lipinski definition) is 5. The van der Waals surface area contributed by atoms with Crippen LogP contribution in [0.25, 0.3) is 5.69 Å². The van der Waals surface area contributed by atoms with Gasteiger partial charge in [-0.05, 0) is 55.3 Å². The number of benzene rings is 2. The number of carbonyl (C=O) groups excluding carboxylic acids is 2. The second-order valence-corrected chi connectivity index (χ2v) is 7.81. The lowest BCUT2D eigenvalue weighted by atomic mass is 10.1. The molecule has 0 radical (unpaired) electrons. The first kappa shape index (κ1) is 20.0. The van der Waals surface area contributed by atoms with E-state index in [4.69, 9.17) is 9.47 Å². The van der Waals surface area contributed by atoms with Crippen molar-refractivity contribution in [2.24, 2.45) is 0 Å².